The average molecular weight is 253 g/mol. The molecule has 0 saturated carbocycles. The van der Waals surface area contributed by atoms with Crippen LogP contribution in [0.15, 0.2) is 24.3 Å². The van der Waals surface area contributed by atoms with Gasteiger partial charge in [-0.2, -0.15) is 11.8 Å². The quantitative estimate of drug-likeness (QED) is 0.879. The summed E-state index contributed by atoms with van der Waals surface area (Å²) in [6.45, 7) is 0. The van der Waals surface area contributed by atoms with Gasteiger partial charge in [-0.15, -0.1) is 0 Å². The zero-order valence-electron chi connectivity index (χ0n) is 10.3. The van der Waals surface area contributed by atoms with Crippen LogP contribution in [0.25, 0.3) is 0 Å². The molecule has 1 aliphatic heterocycles. The minimum Gasteiger partial charge on any atom is -0.313 e. The van der Waals surface area contributed by atoms with Crippen LogP contribution in [0, 0.1) is 11.7 Å². The van der Waals surface area contributed by atoms with Gasteiger partial charge >= 0.3 is 0 Å². The molecule has 0 radical (unpaired) electrons. The first-order valence-electron chi connectivity index (χ1n) is 6.30. The van der Waals surface area contributed by atoms with Gasteiger partial charge in [0.2, 0.25) is 0 Å². The van der Waals surface area contributed by atoms with E-state index in [0.29, 0.717) is 6.04 Å². The van der Waals surface area contributed by atoms with E-state index in [1.165, 1.54) is 30.4 Å². The topological polar surface area (TPSA) is 12.0 Å². The van der Waals surface area contributed by atoms with E-state index in [0.717, 1.165) is 17.9 Å². The van der Waals surface area contributed by atoms with Crippen LogP contribution in [-0.4, -0.2) is 18.6 Å². The van der Waals surface area contributed by atoms with Gasteiger partial charge in [0.15, 0.2) is 0 Å². The Morgan fingerprint density at radius 3 is 2.82 bits per heavy atom. The molecule has 0 spiro atoms. The molecule has 1 aromatic rings. The second-order valence-corrected chi connectivity index (χ2v) is 5.91. The molecule has 0 amide bonds. The van der Waals surface area contributed by atoms with Gasteiger partial charge in [0.05, 0.1) is 0 Å². The van der Waals surface area contributed by atoms with Gasteiger partial charge in [-0.3, -0.25) is 0 Å². The second kappa shape index (κ2) is 6.41. The van der Waals surface area contributed by atoms with Crippen molar-refractivity contribution in [3.05, 3.63) is 35.6 Å². The summed E-state index contributed by atoms with van der Waals surface area (Å²) in [7, 11) is 1.97. The molecule has 1 heterocycles. The summed E-state index contributed by atoms with van der Waals surface area (Å²) >= 11 is 2.05. The molecule has 0 aromatic heterocycles. The standard InChI is InChI=1S/C14H20FNS/c1-16-14(9-11-5-7-17-8-6-11)12-3-2-4-13(15)10-12/h2-4,10-11,14,16H,5-9H2,1H3. The van der Waals surface area contributed by atoms with Gasteiger partial charge in [-0.1, -0.05) is 12.1 Å². The summed E-state index contributed by atoms with van der Waals surface area (Å²) in [5.41, 5.74) is 1.07. The van der Waals surface area contributed by atoms with Crippen LogP contribution in [0.5, 0.6) is 0 Å². The number of rotatable bonds is 4. The molecule has 1 saturated heterocycles. The molecular weight excluding hydrogens is 233 g/mol. The molecule has 1 atom stereocenters. The zero-order chi connectivity index (χ0) is 12.1. The van der Waals surface area contributed by atoms with Crippen molar-refractivity contribution in [3.8, 4) is 0 Å². The summed E-state index contributed by atoms with van der Waals surface area (Å²) in [5.74, 6) is 3.22. The highest BCUT2D eigenvalue weighted by Crippen LogP contribution is 2.30. The maximum absolute atomic E-state index is 13.2. The Labute approximate surface area is 107 Å². The summed E-state index contributed by atoms with van der Waals surface area (Å²) in [6, 6.07) is 7.26. The van der Waals surface area contributed by atoms with Crippen LogP contribution in [0.1, 0.15) is 30.9 Å². The Morgan fingerprint density at radius 2 is 2.18 bits per heavy atom. The minimum absolute atomic E-state index is 0.137. The SMILES string of the molecule is CNC(CC1CCSCC1)c1cccc(F)c1. The molecule has 0 bridgehead atoms. The summed E-state index contributed by atoms with van der Waals surface area (Å²) < 4.78 is 13.2. The summed E-state index contributed by atoms with van der Waals surface area (Å²) in [5, 5.41) is 3.32. The molecule has 1 unspecified atom stereocenters. The van der Waals surface area contributed by atoms with Crippen molar-refractivity contribution in [2.75, 3.05) is 18.6 Å². The fraction of sp³-hybridized carbons (Fsp3) is 0.571. The van der Waals surface area contributed by atoms with E-state index in [1.807, 2.05) is 13.1 Å². The number of halogens is 1. The van der Waals surface area contributed by atoms with E-state index in [2.05, 4.69) is 17.1 Å². The largest absolute Gasteiger partial charge is 0.313 e. The maximum atomic E-state index is 13.2. The molecule has 94 valence electrons. The highest BCUT2D eigenvalue weighted by atomic mass is 32.2. The maximum Gasteiger partial charge on any atom is 0.123 e. The molecular formula is C14H20FNS. The third-order valence-corrected chi connectivity index (χ3v) is 4.56. The van der Waals surface area contributed by atoms with Crippen molar-refractivity contribution in [1.29, 1.82) is 0 Å². The molecule has 1 N–H and O–H groups in total. The molecule has 1 aromatic carbocycles. The smallest absolute Gasteiger partial charge is 0.123 e. The predicted molar refractivity (Wildman–Crippen MR) is 72.9 cm³/mol. The highest BCUT2D eigenvalue weighted by molar-refractivity contribution is 7.99. The van der Waals surface area contributed by atoms with Crippen LogP contribution in [-0.2, 0) is 0 Å². The van der Waals surface area contributed by atoms with Gasteiger partial charge in [-0.25, -0.2) is 4.39 Å². The Morgan fingerprint density at radius 1 is 1.41 bits per heavy atom. The first-order valence-corrected chi connectivity index (χ1v) is 7.45. The summed E-state index contributed by atoms with van der Waals surface area (Å²) in [4.78, 5) is 0. The Balaban J connectivity index is 2.00. The van der Waals surface area contributed by atoms with Crippen molar-refractivity contribution < 1.29 is 4.39 Å². The highest BCUT2D eigenvalue weighted by Gasteiger charge is 2.19. The molecule has 1 aliphatic rings. The molecule has 2 rings (SSSR count). The van der Waals surface area contributed by atoms with Crippen molar-refractivity contribution in [2.24, 2.45) is 5.92 Å². The lowest BCUT2D eigenvalue weighted by Crippen LogP contribution is -2.22. The Kier molecular flexibility index (Phi) is 4.86. The van der Waals surface area contributed by atoms with Crippen molar-refractivity contribution in [2.45, 2.75) is 25.3 Å². The van der Waals surface area contributed by atoms with Crippen molar-refractivity contribution in [3.63, 3.8) is 0 Å². The van der Waals surface area contributed by atoms with Gasteiger partial charge < -0.3 is 5.32 Å². The fourth-order valence-corrected chi connectivity index (χ4v) is 3.66. The molecule has 1 nitrogen and oxygen atoms in total. The number of nitrogens with one attached hydrogen (secondary N) is 1. The molecule has 1 fully saturated rings. The second-order valence-electron chi connectivity index (χ2n) is 4.69. The van der Waals surface area contributed by atoms with Crippen LogP contribution < -0.4 is 5.32 Å². The molecule has 3 heteroatoms. The van der Waals surface area contributed by atoms with E-state index in [4.69, 9.17) is 0 Å². The van der Waals surface area contributed by atoms with E-state index in [9.17, 15) is 4.39 Å². The van der Waals surface area contributed by atoms with Crippen molar-refractivity contribution in [1.82, 2.24) is 5.32 Å². The molecule has 17 heavy (non-hydrogen) atoms. The van der Waals surface area contributed by atoms with Crippen LogP contribution in [0.3, 0.4) is 0 Å². The lowest BCUT2D eigenvalue weighted by atomic mass is 9.91. The number of thioether (sulfide) groups is 1. The van der Waals surface area contributed by atoms with Crippen molar-refractivity contribution >= 4 is 11.8 Å². The normalized spacial score (nSPS) is 19.2. The average Bonchev–Trinajstić information content (AvgIpc) is 2.37. The van der Waals surface area contributed by atoms with Gasteiger partial charge in [0.1, 0.15) is 5.82 Å². The summed E-state index contributed by atoms with van der Waals surface area (Å²) in [6.07, 6.45) is 3.73. The van der Waals surface area contributed by atoms with Crippen LogP contribution in [0.4, 0.5) is 4.39 Å². The first kappa shape index (κ1) is 12.9. The van der Waals surface area contributed by atoms with Gasteiger partial charge in [-0.05, 0) is 61.4 Å². The first-order chi connectivity index (χ1) is 8.29. The number of hydrogen-bond acceptors (Lipinski definition) is 2. The Bertz CT molecular complexity index is 350. The van der Waals surface area contributed by atoms with E-state index < -0.39 is 0 Å². The monoisotopic (exact) mass is 253 g/mol. The fourth-order valence-electron chi connectivity index (χ4n) is 2.46. The Hall–Kier alpha value is -0.540. The molecule has 0 aliphatic carbocycles. The lowest BCUT2D eigenvalue weighted by Gasteiger charge is -2.26. The third kappa shape index (κ3) is 3.71. The minimum atomic E-state index is -0.137. The van der Waals surface area contributed by atoms with Crippen LogP contribution >= 0.6 is 11.8 Å². The lowest BCUT2D eigenvalue weighted by molar-refractivity contribution is 0.383. The van der Waals surface area contributed by atoms with Crippen LogP contribution in [0.2, 0.25) is 0 Å². The zero-order valence-corrected chi connectivity index (χ0v) is 11.1. The third-order valence-electron chi connectivity index (χ3n) is 3.51. The van der Waals surface area contributed by atoms with Gasteiger partial charge in [0.25, 0.3) is 0 Å². The number of hydrogen-bond donors (Lipinski definition) is 1. The predicted octanol–water partition coefficient (Wildman–Crippen LogP) is 3.62. The van der Waals surface area contributed by atoms with E-state index >= 15 is 0 Å². The van der Waals surface area contributed by atoms with Gasteiger partial charge in [0, 0.05) is 6.04 Å². The van der Waals surface area contributed by atoms with E-state index in [1.54, 1.807) is 12.1 Å². The number of benzene rings is 1. The van der Waals surface area contributed by atoms with E-state index in [-0.39, 0.29) is 5.82 Å².